The summed E-state index contributed by atoms with van der Waals surface area (Å²) in [4.78, 5) is 36.2. The number of carbonyl (C=O) groups is 3. The number of amides is 3. The van der Waals surface area contributed by atoms with E-state index in [1.807, 2.05) is 11.4 Å². The van der Waals surface area contributed by atoms with E-state index in [9.17, 15) is 14.4 Å². The van der Waals surface area contributed by atoms with Crippen LogP contribution in [0.15, 0.2) is 66.0 Å². The Hall–Kier alpha value is -3.65. The highest BCUT2D eigenvalue weighted by Crippen LogP contribution is 2.15. The van der Waals surface area contributed by atoms with E-state index in [2.05, 4.69) is 20.7 Å². The summed E-state index contributed by atoms with van der Waals surface area (Å²) in [6, 6.07) is 17.3. The number of benzene rings is 2. The zero-order valence-corrected chi connectivity index (χ0v) is 16.4. The molecule has 7 nitrogen and oxygen atoms in total. The van der Waals surface area contributed by atoms with Gasteiger partial charge in [-0.05, 0) is 53.4 Å². The topological polar surface area (TPSA) is 96.5 Å². The third-order valence-electron chi connectivity index (χ3n) is 3.99. The minimum Gasteiger partial charge on any atom is -0.453 e. The Morgan fingerprint density at radius 2 is 1.52 bits per heavy atom. The lowest BCUT2D eigenvalue weighted by atomic mass is 10.1. The summed E-state index contributed by atoms with van der Waals surface area (Å²) in [5.74, 6) is -0.375. The summed E-state index contributed by atoms with van der Waals surface area (Å²) >= 11 is 1.39. The molecule has 3 rings (SSSR count). The van der Waals surface area contributed by atoms with Gasteiger partial charge >= 0.3 is 6.09 Å². The van der Waals surface area contributed by atoms with Gasteiger partial charge in [-0.1, -0.05) is 18.2 Å². The Labute approximate surface area is 171 Å². The summed E-state index contributed by atoms with van der Waals surface area (Å²) in [6.07, 6.45) is -0.562. The molecule has 1 aromatic heterocycles. The molecule has 2 aromatic carbocycles. The van der Waals surface area contributed by atoms with Crippen LogP contribution >= 0.6 is 11.3 Å². The van der Waals surface area contributed by atoms with Crippen molar-refractivity contribution in [3.63, 3.8) is 0 Å². The molecule has 0 spiro atoms. The predicted octanol–water partition coefficient (Wildman–Crippen LogP) is 4.11. The van der Waals surface area contributed by atoms with Gasteiger partial charge in [-0.2, -0.15) is 0 Å². The first kappa shape index (κ1) is 20.1. The molecule has 1 heterocycles. The summed E-state index contributed by atoms with van der Waals surface area (Å²) in [5, 5.41) is 10.0. The zero-order valence-electron chi connectivity index (χ0n) is 15.6. The number of thiophene rings is 1. The van der Waals surface area contributed by atoms with Crippen LogP contribution in [0.4, 0.5) is 16.2 Å². The highest BCUT2D eigenvalue weighted by atomic mass is 32.1. The fourth-order valence-corrected chi connectivity index (χ4v) is 3.10. The number of nitrogens with one attached hydrogen (secondary N) is 3. The molecule has 3 aromatic rings. The van der Waals surface area contributed by atoms with Gasteiger partial charge in [0.1, 0.15) is 0 Å². The molecule has 0 aliphatic carbocycles. The molecule has 148 valence electrons. The van der Waals surface area contributed by atoms with Crippen molar-refractivity contribution in [2.24, 2.45) is 0 Å². The van der Waals surface area contributed by atoms with E-state index >= 15 is 0 Å². The van der Waals surface area contributed by atoms with Crippen LogP contribution in [0.5, 0.6) is 0 Å². The zero-order chi connectivity index (χ0) is 20.6. The maximum atomic E-state index is 12.4. The van der Waals surface area contributed by atoms with Crippen molar-refractivity contribution in [1.82, 2.24) is 5.32 Å². The summed E-state index contributed by atoms with van der Waals surface area (Å²) in [5.41, 5.74) is 2.54. The van der Waals surface area contributed by atoms with E-state index in [0.717, 1.165) is 5.56 Å². The SMILES string of the molecule is COC(=O)Nc1ccc(NC(=O)c2ccc(CNC(=O)c3cccs3)cc2)cc1. The number of methoxy groups -OCH3 is 1. The summed E-state index contributed by atoms with van der Waals surface area (Å²) < 4.78 is 4.52. The lowest BCUT2D eigenvalue weighted by Crippen LogP contribution is -2.21. The van der Waals surface area contributed by atoms with Crippen molar-refractivity contribution in [1.29, 1.82) is 0 Å². The molecule has 8 heteroatoms. The van der Waals surface area contributed by atoms with Crippen molar-refractivity contribution in [3.8, 4) is 0 Å². The first-order valence-corrected chi connectivity index (χ1v) is 9.60. The molecular weight excluding hydrogens is 390 g/mol. The van der Waals surface area contributed by atoms with Gasteiger partial charge in [-0.25, -0.2) is 4.79 Å². The number of hydrogen-bond acceptors (Lipinski definition) is 5. The number of rotatable bonds is 6. The lowest BCUT2D eigenvalue weighted by molar-refractivity contribution is 0.0953. The maximum Gasteiger partial charge on any atom is 0.411 e. The standard InChI is InChI=1S/C21H19N3O4S/c1-28-21(27)24-17-10-8-16(9-11-17)23-19(25)15-6-4-14(5-7-15)13-22-20(26)18-3-2-12-29-18/h2-12H,13H2,1H3,(H,22,26)(H,23,25)(H,24,27). The monoisotopic (exact) mass is 409 g/mol. The van der Waals surface area contributed by atoms with Crippen LogP contribution in [-0.2, 0) is 11.3 Å². The molecule has 0 saturated heterocycles. The fourth-order valence-electron chi connectivity index (χ4n) is 2.46. The average molecular weight is 409 g/mol. The van der Waals surface area contributed by atoms with E-state index in [-0.39, 0.29) is 11.8 Å². The molecule has 0 saturated carbocycles. The van der Waals surface area contributed by atoms with Crippen molar-refractivity contribution >= 4 is 40.6 Å². The molecule has 3 N–H and O–H groups in total. The second-order valence-electron chi connectivity index (χ2n) is 6.00. The van der Waals surface area contributed by atoms with Gasteiger partial charge in [0.25, 0.3) is 11.8 Å². The van der Waals surface area contributed by atoms with E-state index in [1.54, 1.807) is 54.6 Å². The highest BCUT2D eigenvalue weighted by Gasteiger charge is 2.08. The minimum atomic E-state index is -0.562. The van der Waals surface area contributed by atoms with Gasteiger partial charge in [-0.3, -0.25) is 14.9 Å². The first-order valence-electron chi connectivity index (χ1n) is 8.72. The van der Waals surface area contributed by atoms with E-state index < -0.39 is 6.09 Å². The number of hydrogen-bond donors (Lipinski definition) is 3. The Morgan fingerprint density at radius 1 is 0.862 bits per heavy atom. The Morgan fingerprint density at radius 3 is 2.10 bits per heavy atom. The number of anilines is 2. The van der Waals surface area contributed by atoms with Gasteiger partial charge in [-0.15, -0.1) is 11.3 Å². The molecule has 0 fully saturated rings. The normalized spacial score (nSPS) is 10.1. The Bertz CT molecular complexity index is 984. The van der Waals surface area contributed by atoms with Gasteiger partial charge < -0.3 is 15.4 Å². The minimum absolute atomic E-state index is 0.119. The molecule has 0 aliphatic heterocycles. The summed E-state index contributed by atoms with van der Waals surface area (Å²) in [6.45, 7) is 0.382. The number of ether oxygens (including phenoxy) is 1. The van der Waals surface area contributed by atoms with Gasteiger partial charge in [0.05, 0.1) is 12.0 Å². The molecule has 0 aliphatic rings. The molecule has 0 bridgehead atoms. The second-order valence-corrected chi connectivity index (χ2v) is 6.95. The van der Waals surface area contributed by atoms with Crippen molar-refractivity contribution in [2.75, 3.05) is 17.7 Å². The third-order valence-corrected chi connectivity index (χ3v) is 4.86. The van der Waals surface area contributed by atoms with Crippen LogP contribution < -0.4 is 16.0 Å². The highest BCUT2D eigenvalue weighted by molar-refractivity contribution is 7.12. The van der Waals surface area contributed by atoms with Gasteiger partial charge in [0, 0.05) is 23.5 Å². The molecule has 0 unspecified atom stereocenters. The quantitative estimate of drug-likeness (QED) is 0.571. The van der Waals surface area contributed by atoms with E-state index in [0.29, 0.717) is 28.4 Å². The predicted molar refractivity (Wildman–Crippen MR) is 112 cm³/mol. The van der Waals surface area contributed by atoms with E-state index in [1.165, 1.54) is 18.4 Å². The lowest BCUT2D eigenvalue weighted by Gasteiger charge is -2.08. The molecular formula is C21H19N3O4S. The largest absolute Gasteiger partial charge is 0.453 e. The van der Waals surface area contributed by atoms with Crippen molar-refractivity contribution < 1.29 is 19.1 Å². The van der Waals surface area contributed by atoms with Gasteiger partial charge in [0.15, 0.2) is 0 Å². The van der Waals surface area contributed by atoms with Crippen LogP contribution in [0, 0.1) is 0 Å². The van der Waals surface area contributed by atoms with Gasteiger partial charge in [0.2, 0.25) is 0 Å². The molecule has 0 atom stereocenters. The maximum absolute atomic E-state index is 12.4. The fraction of sp³-hybridized carbons (Fsp3) is 0.0952. The third kappa shape index (κ3) is 5.66. The van der Waals surface area contributed by atoms with Crippen LogP contribution in [-0.4, -0.2) is 25.0 Å². The van der Waals surface area contributed by atoms with Crippen LogP contribution in [0.1, 0.15) is 25.6 Å². The smallest absolute Gasteiger partial charge is 0.411 e. The Kier molecular flexibility index (Phi) is 6.59. The first-order chi connectivity index (χ1) is 14.0. The van der Waals surface area contributed by atoms with Crippen molar-refractivity contribution in [3.05, 3.63) is 82.0 Å². The van der Waals surface area contributed by atoms with Crippen molar-refractivity contribution in [2.45, 2.75) is 6.54 Å². The Balaban J connectivity index is 1.53. The average Bonchev–Trinajstić information content (AvgIpc) is 3.28. The van der Waals surface area contributed by atoms with E-state index in [4.69, 9.17) is 0 Å². The molecule has 3 amide bonds. The molecule has 0 radical (unpaired) electrons. The summed E-state index contributed by atoms with van der Waals surface area (Å²) in [7, 11) is 1.28. The number of carbonyl (C=O) groups excluding carboxylic acids is 3. The van der Waals surface area contributed by atoms with Crippen LogP contribution in [0.2, 0.25) is 0 Å². The second kappa shape index (κ2) is 9.52. The molecule has 29 heavy (non-hydrogen) atoms. The van der Waals surface area contributed by atoms with Crippen LogP contribution in [0.3, 0.4) is 0 Å². The van der Waals surface area contributed by atoms with Crippen LogP contribution in [0.25, 0.3) is 0 Å².